The number of ketones is 1. The number of morpholine rings is 1. The first kappa shape index (κ1) is 19.7. The highest BCUT2D eigenvalue weighted by molar-refractivity contribution is 7.89. The Balaban J connectivity index is 1.38. The largest absolute Gasteiger partial charge is 0.486 e. The van der Waals surface area contributed by atoms with Crippen molar-refractivity contribution in [2.75, 3.05) is 51.4 Å². The second-order valence-electron chi connectivity index (χ2n) is 6.68. The molecule has 0 atom stereocenters. The Kier molecular flexibility index (Phi) is 5.70. The summed E-state index contributed by atoms with van der Waals surface area (Å²) in [5.74, 6) is 1.10. The fourth-order valence-electron chi connectivity index (χ4n) is 3.18. The van der Waals surface area contributed by atoms with Crippen molar-refractivity contribution in [1.29, 1.82) is 0 Å². The minimum absolute atomic E-state index is 0.0786. The van der Waals surface area contributed by atoms with Gasteiger partial charge in [-0.05, 0) is 42.5 Å². The van der Waals surface area contributed by atoms with Crippen LogP contribution in [0, 0.1) is 0 Å². The zero-order chi connectivity index (χ0) is 20.3. The van der Waals surface area contributed by atoms with E-state index >= 15 is 0 Å². The van der Waals surface area contributed by atoms with Crippen LogP contribution in [0.3, 0.4) is 0 Å². The fraction of sp³-hybridized carbons (Fsp3) is 0.350. The highest BCUT2D eigenvalue weighted by atomic mass is 32.2. The van der Waals surface area contributed by atoms with Crippen LogP contribution in [-0.4, -0.2) is 64.6 Å². The van der Waals surface area contributed by atoms with Crippen LogP contribution in [0.4, 0.5) is 5.69 Å². The van der Waals surface area contributed by atoms with E-state index in [2.05, 4.69) is 5.32 Å². The molecule has 0 aliphatic carbocycles. The number of nitrogens with one attached hydrogen (secondary N) is 1. The molecule has 0 spiro atoms. The normalized spacial score (nSPS) is 17.0. The van der Waals surface area contributed by atoms with Gasteiger partial charge in [-0.2, -0.15) is 4.31 Å². The summed E-state index contributed by atoms with van der Waals surface area (Å²) in [5.41, 5.74) is 1.19. The standard InChI is InChI=1S/C20H22N2O6S/c23-18(15-1-6-19-20(13-15)28-12-11-27-19)14-21-16-2-4-17(5-3-16)29(24,25)22-7-9-26-10-8-22/h1-6,13,21H,7-12,14H2. The average molecular weight is 418 g/mol. The van der Waals surface area contributed by atoms with Gasteiger partial charge in [0.1, 0.15) is 13.2 Å². The average Bonchev–Trinajstić information content (AvgIpc) is 2.78. The maximum Gasteiger partial charge on any atom is 0.243 e. The van der Waals surface area contributed by atoms with Gasteiger partial charge in [0, 0.05) is 24.3 Å². The van der Waals surface area contributed by atoms with Gasteiger partial charge in [0.05, 0.1) is 24.7 Å². The van der Waals surface area contributed by atoms with E-state index < -0.39 is 10.0 Å². The third-order valence-corrected chi connectivity index (χ3v) is 6.69. The molecule has 1 saturated heterocycles. The van der Waals surface area contributed by atoms with E-state index in [1.165, 1.54) is 4.31 Å². The quantitative estimate of drug-likeness (QED) is 0.715. The molecule has 2 aromatic carbocycles. The van der Waals surface area contributed by atoms with Crippen molar-refractivity contribution in [3.05, 3.63) is 48.0 Å². The summed E-state index contributed by atoms with van der Waals surface area (Å²) in [6.07, 6.45) is 0. The van der Waals surface area contributed by atoms with Crippen LogP contribution >= 0.6 is 0 Å². The van der Waals surface area contributed by atoms with Crippen molar-refractivity contribution in [1.82, 2.24) is 4.31 Å². The van der Waals surface area contributed by atoms with E-state index in [9.17, 15) is 13.2 Å². The zero-order valence-corrected chi connectivity index (χ0v) is 16.6. The molecular formula is C20H22N2O6S. The van der Waals surface area contributed by atoms with Crippen LogP contribution < -0.4 is 14.8 Å². The molecule has 2 aliphatic rings. The van der Waals surface area contributed by atoms with Crippen molar-refractivity contribution in [3.63, 3.8) is 0 Å². The molecule has 0 aromatic heterocycles. The van der Waals surface area contributed by atoms with Crippen molar-refractivity contribution in [2.24, 2.45) is 0 Å². The third kappa shape index (κ3) is 4.36. The lowest BCUT2D eigenvalue weighted by atomic mass is 10.1. The maximum atomic E-state index is 12.6. The predicted molar refractivity (Wildman–Crippen MR) is 106 cm³/mol. The van der Waals surface area contributed by atoms with E-state index in [1.807, 2.05) is 0 Å². The molecule has 154 valence electrons. The smallest absolute Gasteiger partial charge is 0.243 e. The topological polar surface area (TPSA) is 94.2 Å². The molecule has 2 heterocycles. The third-order valence-electron chi connectivity index (χ3n) is 4.78. The summed E-state index contributed by atoms with van der Waals surface area (Å²) in [5, 5.41) is 3.03. The Labute approximate surface area is 169 Å². The summed E-state index contributed by atoms with van der Waals surface area (Å²) in [7, 11) is -3.53. The number of nitrogens with zero attached hydrogens (tertiary/aromatic N) is 1. The molecule has 9 heteroatoms. The van der Waals surface area contributed by atoms with Crippen LogP contribution in [0.1, 0.15) is 10.4 Å². The molecule has 29 heavy (non-hydrogen) atoms. The number of carbonyl (C=O) groups excluding carboxylic acids is 1. The summed E-state index contributed by atoms with van der Waals surface area (Å²) in [6.45, 7) is 2.55. The van der Waals surface area contributed by atoms with Crippen LogP contribution in [0.2, 0.25) is 0 Å². The molecule has 4 rings (SSSR count). The number of ether oxygens (including phenoxy) is 3. The zero-order valence-electron chi connectivity index (χ0n) is 15.8. The number of rotatable bonds is 6. The number of benzene rings is 2. The van der Waals surface area contributed by atoms with Gasteiger partial charge in [-0.1, -0.05) is 0 Å². The summed E-state index contributed by atoms with van der Waals surface area (Å²) >= 11 is 0. The number of hydrogen-bond donors (Lipinski definition) is 1. The number of hydrogen-bond acceptors (Lipinski definition) is 7. The molecule has 2 aromatic rings. The number of carbonyl (C=O) groups is 1. The first-order valence-electron chi connectivity index (χ1n) is 9.39. The maximum absolute atomic E-state index is 12.6. The highest BCUT2D eigenvalue weighted by Crippen LogP contribution is 2.30. The predicted octanol–water partition coefficient (Wildman–Crippen LogP) is 1.77. The van der Waals surface area contributed by atoms with Gasteiger partial charge in [-0.25, -0.2) is 8.42 Å². The van der Waals surface area contributed by atoms with E-state index in [-0.39, 0.29) is 17.2 Å². The summed E-state index contributed by atoms with van der Waals surface area (Å²) in [6, 6.07) is 11.5. The Bertz CT molecular complexity index is 985. The van der Waals surface area contributed by atoms with Crippen molar-refractivity contribution < 1.29 is 27.4 Å². The molecular weight excluding hydrogens is 396 g/mol. The van der Waals surface area contributed by atoms with Crippen LogP contribution in [0.25, 0.3) is 0 Å². The van der Waals surface area contributed by atoms with Crippen LogP contribution in [0.5, 0.6) is 11.5 Å². The molecule has 0 saturated carbocycles. The lowest BCUT2D eigenvalue weighted by Gasteiger charge is -2.26. The molecule has 1 fully saturated rings. The summed E-state index contributed by atoms with van der Waals surface area (Å²) < 4.78 is 42.9. The number of sulfonamides is 1. The Morgan fingerprint density at radius 3 is 2.34 bits per heavy atom. The van der Waals surface area contributed by atoms with Crippen molar-refractivity contribution >= 4 is 21.5 Å². The molecule has 0 radical (unpaired) electrons. The van der Waals surface area contributed by atoms with Gasteiger partial charge in [-0.3, -0.25) is 4.79 Å². The summed E-state index contributed by atoms with van der Waals surface area (Å²) in [4.78, 5) is 12.7. The Morgan fingerprint density at radius 2 is 1.62 bits per heavy atom. The Morgan fingerprint density at radius 1 is 0.931 bits per heavy atom. The molecule has 8 nitrogen and oxygen atoms in total. The lowest BCUT2D eigenvalue weighted by molar-refractivity contribution is 0.0730. The van der Waals surface area contributed by atoms with Gasteiger partial charge < -0.3 is 19.5 Å². The lowest BCUT2D eigenvalue weighted by Crippen LogP contribution is -2.40. The molecule has 1 N–H and O–H groups in total. The minimum atomic E-state index is -3.53. The second-order valence-corrected chi connectivity index (χ2v) is 8.61. The first-order valence-corrected chi connectivity index (χ1v) is 10.8. The molecule has 0 bridgehead atoms. The van der Waals surface area contributed by atoms with Crippen LogP contribution in [-0.2, 0) is 14.8 Å². The minimum Gasteiger partial charge on any atom is -0.486 e. The first-order chi connectivity index (χ1) is 14.0. The Hall–Kier alpha value is -2.62. The second kappa shape index (κ2) is 8.40. The number of anilines is 1. The van der Waals surface area contributed by atoms with Gasteiger partial charge in [0.15, 0.2) is 17.3 Å². The monoisotopic (exact) mass is 418 g/mol. The highest BCUT2D eigenvalue weighted by Gasteiger charge is 2.26. The van der Waals surface area contributed by atoms with E-state index in [0.29, 0.717) is 62.3 Å². The van der Waals surface area contributed by atoms with Crippen molar-refractivity contribution in [2.45, 2.75) is 4.90 Å². The number of fused-ring (bicyclic) bond motifs is 1. The van der Waals surface area contributed by atoms with Gasteiger partial charge in [0.2, 0.25) is 10.0 Å². The van der Waals surface area contributed by atoms with E-state index in [4.69, 9.17) is 14.2 Å². The van der Waals surface area contributed by atoms with Gasteiger partial charge in [-0.15, -0.1) is 0 Å². The van der Waals surface area contributed by atoms with E-state index in [1.54, 1.807) is 42.5 Å². The molecule has 0 unspecified atom stereocenters. The van der Waals surface area contributed by atoms with Gasteiger partial charge in [0.25, 0.3) is 0 Å². The molecule has 0 amide bonds. The van der Waals surface area contributed by atoms with Crippen LogP contribution in [0.15, 0.2) is 47.4 Å². The van der Waals surface area contributed by atoms with Crippen molar-refractivity contribution in [3.8, 4) is 11.5 Å². The molecule has 2 aliphatic heterocycles. The fourth-order valence-corrected chi connectivity index (χ4v) is 4.59. The SMILES string of the molecule is O=C(CNc1ccc(S(=O)(=O)N2CCOCC2)cc1)c1ccc2c(c1)OCCO2. The van der Waals surface area contributed by atoms with E-state index in [0.717, 1.165) is 0 Å². The van der Waals surface area contributed by atoms with Gasteiger partial charge >= 0.3 is 0 Å². The number of Topliss-reactive ketones (excluding diaryl/α,β-unsaturated/α-hetero) is 1.